The van der Waals surface area contributed by atoms with E-state index in [-0.39, 0.29) is 0 Å². The van der Waals surface area contributed by atoms with Crippen molar-refractivity contribution < 1.29 is 0 Å². The summed E-state index contributed by atoms with van der Waals surface area (Å²) in [4.78, 5) is 4.53. The third kappa shape index (κ3) is 2.10. The van der Waals surface area contributed by atoms with Crippen molar-refractivity contribution in [3.63, 3.8) is 0 Å². The van der Waals surface area contributed by atoms with Gasteiger partial charge >= 0.3 is 0 Å². The zero-order valence-electron chi connectivity index (χ0n) is 9.98. The van der Waals surface area contributed by atoms with Gasteiger partial charge < -0.3 is 10.6 Å². The minimum absolute atomic E-state index is 0.494. The molecule has 2 aromatic rings. The summed E-state index contributed by atoms with van der Waals surface area (Å²) in [5.41, 5.74) is 2.09. The Balaban J connectivity index is 1.83. The molecule has 1 saturated heterocycles. The van der Waals surface area contributed by atoms with Gasteiger partial charge in [0.2, 0.25) is 5.95 Å². The number of anilines is 1. The van der Waals surface area contributed by atoms with E-state index in [4.69, 9.17) is 0 Å². The Kier molecular flexibility index (Phi) is 2.68. The minimum atomic E-state index is 0.494. The Bertz CT molecular complexity index is 513. The third-order valence-corrected chi connectivity index (χ3v) is 3.23. The summed E-state index contributed by atoms with van der Waals surface area (Å²) in [6.07, 6.45) is 4.20. The van der Waals surface area contributed by atoms with Gasteiger partial charge in [-0.1, -0.05) is 6.07 Å². The Hall–Kier alpha value is -1.62. The molecule has 0 saturated carbocycles. The van der Waals surface area contributed by atoms with E-state index in [1.54, 1.807) is 0 Å². The zero-order chi connectivity index (χ0) is 11.7. The van der Waals surface area contributed by atoms with E-state index in [1.807, 2.05) is 16.8 Å². The maximum Gasteiger partial charge on any atom is 0.243 e. The van der Waals surface area contributed by atoms with Crippen LogP contribution in [-0.4, -0.2) is 33.7 Å². The molecule has 5 heteroatoms. The number of rotatable bonds is 2. The van der Waals surface area contributed by atoms with Crippen LogP contribution in [-0.2, 0) is 0 Å². The molecular formula is C12H17N5. The molecule has 0 radical (unpaired) electrons. The molecule has 0 unspecified atom stereocenters. The lowest BCUT2D eigenvalue weighted by Crippen LogP contribution is -2.35. The Morgan fingerprint density at radius 3 is 3.00 bits per heavy atom. The first-order valence-corrected chi connectivity index (χ1v) is 6.12. The number of hydrogen-bond acceptors (Lipinski definition) is 4. The minimum Gasteiger partial charge on any atom is -0.350 e. The van der Waals surface area contributed by atoms with Crippen molar-refractivity contribution >= 4 is 11.6 Å². The van der Waals surface area contributed by atoms with Crippen LogP contribution >= 0.6 is 0 Å². The molecule has 3 rings (SSSR count). The average molecular weight is 231 g/mol. The lowest BCUT2D eigenvalue weighted by Gasteiger charge is -2.22. The zero-order valence-corrected chi connectivity index (χ0v) is 9.98. The van der Waals surface area contributed by atoms with Crippen LogP contribution in [0.25, 0.3) is 5.65 Å². The van der Waals surface area contributed by atoms with Gasteiger partial charge in [0.1, 0.15) is 0 Å². The highest BCUT2D eigenvalue weighted by Gasteiger charge is 2.14. The van der Waals surface area contributed by atoms with Gasteiger partial charge in [0.05, 0.1) is 0 Å². The highest BCUT2D eigenvalue weighted by atomic mass is 15.3. The molecule has 0 amide bonds. The van der Waals surface area contributed by atoms with Crippen LogP contribution in [0.4, 0.5) is 5.95 Å². The first kappa shape index (κ1) is 10.5. The number of nitrogens with one attached hydrogen (secondary N) is 2. The Morgan fingerprint density at radius 1 is 1.41 bits per heavy atom. The van der Waals surface area contributed by atoms with E-state index in [0.29, 0.717) is 6.04 Å². The van der Waals surface area contributed by atoms with Crippen LogP contribution in [0, 0.1) is 6.92 Å². The second-order valence-corrected chi connectivity index (χ2v) is 4.56. The smallest absolute Gasteiger partial charge is 0.243 e. The topological polar surface area (TPSA) is 54.2 Å². The van der Waals surface area contributed by atoms with E-state index in [9.17, 15) is 0 Å². The highest BCUT2D eigenvalue weighted by molar-refractivity contribution is 5.49. The van der Waals surface area contributed by atoms with Crippen LogP contribution in [0.2, 0.25) is 0 Å². The maximum atomic E-state index is 4.53. The van der Waals surface area contributed by atoms with Gasteiger partial charge in [-0.15, -0.1) is 5.10 Å². The number of nitrogens with zero attached hydrogens (tertiary/aromatic N) is 3. The monoisotopic (exact) mass is 231 g/mol. The fourth-order valence-corrected chi connectivity index (χ4v) is 2.25. The average Bonchev–Trinajstić information content (AvgIpc) is 2.74. The molecule has 3 heterocycles. The fraction of sp³-hybridized carbons (Fsp3) is 0.500. The summed E-state index contributed by atoms with van der Waals surface area (Å²) in [5.74, 6) is 0.742. The third-order valence-electron chi connectivity index (χ3n) is 3.23. The predicted molar refractivity (Wildman–Crippen MR) is 67.2 cm³/mol. The van der Waals surface area contributed by atoms with Crippen LogP contribution in [0.15, 0.2) is 18.3 Å². The normalized spacial score (nSPS) is 17.5. The maximum absolute atomic E-state index is 4.53. The van der Waals surface area contributed by atoms with E-state index in [1.165, 1.54) is 0 Å². The first-order chi connectivity index (χ1) is 8.33. The summed E-state index contributed by atoms with van der Waals surface area (Å²) in [5, 5.41) is 11.2. The van der Waals surface area contributed by atoms with Gasteiger partial charge in [0.25, 0.3) is 0 Å². The van der Waals surface area contributed by atoms with Crippen LogP contribution in [0.5, 0.6) is 0 Å². The second-order valence-electron chi connectivity index (χ2n) is 4.56. The highest BCUT2D eigenvalue weighted by Crippen LogP contribution is 2.13. The standard InChI is InChI=1S/C12H17N5/c1-9-3-2-8-17-11(9)15-12(16-17)14-10-4-6-13-7-5-10/h2-3,8,10,13H,4-7H2,1H3,(H,14,16). The summed E-state index contributed by atoms with van der Waals surface area (Å²) in [7, 11) is 0. The summed E-state index contributed by atoms with van der Waals surface area (Å²) >= 11 is 0. The summed E-state index contributed by atoms with van der Waals surface area (Å²) in [6.45, 7) is 4.20. The van der Waals surface area contributed by atoms with E-state index in [0.717, 1.165) is 43.1 Å². The van der Waals surface area contributed by atoms with Gasteiger partial charge in [-0.3, -0.25) is 0 Å². The lowest BCUT2D eigenvalue weighted by molar-refractivity contribution is 0.477. The van der Waals surface area contributed by atoms with Crippen molar-refractivity contribution in [2.45, 2.75) is 25.8 Å². The molecule has 90 valence electrons. The van der Waals surface area contributed by atoms with E-state index >= 15 is 0 Å². The molecule has 0 aliphatic carbocycles. The molecule has 1 fully saturated rings. The Labute approximate surface area is 100 Å². The van der Waals surface area contributed by atoms with Crippen molar-refractivity contribution in [2.75, 3.05) is 18.4 Å². The molecule has 5 nitrogen and oxygen atoms in total. The molecule has 1 aliphatic heterocycles. The number of fused-ring (bicyclic) bond motifs is 1. The number of hydrogen-bond donors (Lipinski definition) is 2. The Morgan fingerprint density at radius 2 is 2.24 bits per heavy atom. The first-order valence-electron chi connectivity index (χ1n) is 6.12. The molecule has 0 aromatic carbocycles. The van der Waals surface area contributed by atoms with Gasteiger partial charge in [-0.2, -0.15) is 4.98 Å². The SMILES string of the molecule is Cc1cccn2nc(NC3CCNCC3)nc12. The molecule has 2 N–H and O–H groups in total. The quantitative estimate of drug-likeness (QED) is 0.815. The van der Waals surface area contributed by atoms with Gasteiger partial charge in [0.15, 0.2) is 5.65 Å². The van der Waals surface area contributed by atoms with Crippen molar-refractivity contribution in [3.8, 4) is 0 Å². The number of aromatic nitrogens is 3. The summed E-state index contributed by atoms with van der Waals surface area (Å²) in [6, 6.07) is 4.54. The molecule has 0 atom stereocenters. The predicted octanol–water partition coefficient (Wildman–Crippen LogP) is 1.20. The van der Waals surface area contributed by atoms with Crippen molar-refractivity contribution in [1.82, 2.24) is 19.9 Å². The molecule has 0 bridgehead atoms. The van der Waals surface area contributed by atoms with Crippen molar-refractivity contribution in [1.29, 1.82) is 0 Å². The number of piperidine rings is 1. The summed E-state index contributed by atoms with van der Waals surface area (Å²) < 4.78 is 1.83. The molecule has 2 aromatic heterocycles. The van der Waals surface area contributed by atoms with Gasteiger partial charge in [0, 0.05) is 12.2 Å². The molecule has 17 heavy (non-hydrogen) atoms. The van der Waals surface area contributed by atoms with Crippen LogP contribution in [0.3, 0.4) is 0 Å². The number of aryl methyl sites for hydroxylation is 1. The fourth-order valence-electron chi connectivity index (χ4n) is 2.25. The molecular weight excluding hydrogens is 214 g/mol. The molecule has 0 spiro atoms. The van der Waals surface area contributed by atoms with Gasteiger partial charge in [-0.25, -0.2) is 4.52 Å². The number of pyridine rings is 1. The van der Waals surface area contributed by atoms with Crippen molar-refractivity contribution in [2.24, 2.45) is 0 Å². The van der Waals surface area contributed by atoms with Gasteiger partial charge in [-0.05, 0) is 44.5 Å². The molecule has 1 aliphatic rings. The second kappa shape index (κ2) is 4.33. The largest absolute Gasteiger partial charge is 0.350 e. The van der Waals surface area contributed by atoms with Crippen LogP contribution < -0.4 is 10.6 Å². The van der Waals surface area contributed by atoms with Crippen molar-refractivity contribution in [3.05, 3.63) is 23.9 Å². The van der Waals surface area contributed by atoms with Crippen LogP contribution in [0.1, 0.15) is 18.4 Å². The lowest BCUT2D eigenvalue weighted by atomic mass is 10.1. The van der Waals surface area contributed by atoms with E-state index < -0.39 is 0 Å². The van der Waals surface area contributed by atoms with E-state index in [2.05, 4.69) is 33.7 Å².